The van der Waals surface area contributed by atoms with Crippen LogP contribution in [0.25, 0.3) is 0 Å². The van der Waals surface area contributed by atoms with E-state index in [1.54, 1.807) is 25.6 Å². The fourth-order valence-electron chi connectivity index (χ4n) is 4.98. The first-order chi connectivity index (χ1) is 16.4. The number of likely N-dealkylation sites (tertiary alicyclic amines) is 1. The summed E-state index contributed by atoms with van der Waals surface area (Å²) < 4.78 is 11.7. The van der Waals surface area contributed by atoms with E-state index in [4.69, 9.17) is 9.47 Å². The maximum Gasteiger partial charge on any atom is 0.225 e. The first-order valence-electron chi connectivity index (χ1n) is 12.4. The van der Waals surface area contributed by atoms with Crippen LogP contribution in [-0.4, -0.2) is 90.5 Å². The van der Waals surface area contributed by atoms with Crippen molar-refractivity contribution in [3.05, 3.63) is 42.2 Å². The van der Waals surface area contributed by atoms with Crippen molar-refractivity contribution in [3.8, 4) is 11.5 Å². The molecule has 4 rings (SSSR count). The van der Waals surface area contributed by atoms with Crippen LogP contribution in [0.15, 0.2) is 36.7 Å². The van der Waals surface area contributed by atoms with Gasteiger partial charge in [-0.15, -0.1) is 0 Å². The van der Waals surface area contributed by atoms with Crippen LogP contribution in [0.3, 0.4) is 0 Å². The molecular formula is C26H39N5O3. The zero-order valence-corrected chi connectivity index (χ0v) is 20.8. The van der Waals surface area contributed by atoms with Crippen molar-refractivity contribution in [1.82, 2.24) is 19.8 Å². The molecule has 8 heteroatoms. The molecule has 2 aromatic rings. The summed E-state index contributed by atoms with van der Waals surface area (Å²) >= 11 is 0. The van der Waals surface area contributed by atoms with Gasteiger partial charge < -0.3 is 19.5 Å². The van der Waals surface area contributed by atoms with Crippen LogP contribution >= 0.6 is 0 Å². The number of anilines is 1. The molecular weight excluding hydrogens is 430 g/mol. The Labute approximate surface area is 203 Å². The van der Waals surface area contributed by atoms with Crippen molar-refractivity contribution in [2.45, 2.75) is 38.3 Å². The minimum Gasteiger partial charge on any atom is -0.493 e. The first-order valence-corrected chi connectivity index (χ1v) is 12.4. The summed E-state index contributed by atoms with van der Waals surface area (Å²) in [5.41, 5.74) is 0.342. The third kappa shape index (κ3) is 6.58. The average Bonchev–Trinajstić information content (AvgIpc) is 3.23. The van der Waals surface area contributed by atoms with Crippen LogP contribution in [0.5, 0.6) is 11.5 Å². The SMILES string of the molecule is COc1cc(CN(C)C[C@]2(O)CCN(c3ncccn3)C2)ccc1OCCN1CCC(C)CC1. The molecule has 2 aliphatic rings. The lowest BCUT2D eigenvalue weighted by molar-refractivity contribution is 0.0279. The van der Waals surface area contributed by atoms with Gasteiger partial charge in [0, 0.05) is 38.6 Å². The molecule has 0 bridgehead atoms. The van der Waals surface area contributed by atoms with Crippen molar-refractivity contribution in [2.75, 3.05) is 64.9 Å². The van der Waals surface area contributed by atoms with Gasteiger partial charge in [0.25, 0.3) is 0 Å². The second-order valence-electron chi connectivity index (χ2n) is 9.97. The maximum atomic E-state index is 11.1. The third-order valence-corrected chi connectivity index (χ3v) is 6.95. The zero-order valence-electron chi connectivity index (χ0n) is 20.8. The largest absolute Gasteiger partial charge is 0.493 e. The molecule has 1 atom stereocenters. The Morgan fingerprint density at radius 2 is 1.91 bits per heavy atom. The molecule has 34 heavy (non-hydrogen) atoms. The molecule has 1 N–H and O–H groups in total. The number of nitrogens with zero attached hydrogens (tertiary/aromatic N) is 5. The summed E-state index contributed by atoms with van der Waals surface area (Å²) in [6.45, 7) is 8.85. The maximum absolute atomic E-state index is 11.1. The number of hydrogen-bond acceptors (Lipinski definition) is 8. The Morgan fingerprint density at radius 3 is 2.65 bits per heavy atom. The van der Waals surface area contributed by atoms with Crippen LogP contribution in [0.1, 0.15) is 31.7 Å². The molecule has 3 heterocycles. The molecule has 1 aromatic heterocycles. The molecule has 8 nitrogen and oxygen atoms in total. The van der Waals surface area contributed by atoms with Gasteiger partial charge >= 0.3 is 0 Å². The van der Waals surface area contributed by atoms with Gasteiger partial charge in [-0.05, 0) is 69.1 Å². The highest BCUT2D eigenvalue weighted by Crippen LogP contribution is 2.30. The molecule has 0 aliphatic carbocycles. The summed E-state index contributed by atoms with van der Waals surface area (Å²) in [5.74, 6) is 3.06. The first kappa shape index (κ1) is 24.7. The van der Waals surface area contributed by atoms with E-state index in [2.05, 4.69) is 32.8 Å². The van der Waals surface area contributed by atoms with E-state index in [1.165, 1.54) is 12.8 Å². The summed E-state index contributed by atoms with van der Waals surface area (Å²) in [6, 6.07) is 7.93. The number of ether oxygens (including phenoxy) is 2. The van der Waals surface area contributed by atoms with Crippen molar-refractivity contribution in [3.63, 3.8) is 0 Å². The van der Waals surface area contributed by atoms with Crippen LogP contribution in [-0.2, 0) is 6.54 Å². The highest BCUT2D eigenvalue weighted by Gasteiger charge is 2.38. The molecule has 186 valence electrons. The summed E-state index contributed by atoms with van der Waals surface area (Å²) in [5, 5.41) is 11.1. The smallest absolute Gasteiger partial charge is 0.225 e. The van der Waals surface area contributed by atoms with Gasteiger partial charge in [0.05, 0.1) is 19.3 Å². The monoisotopic (exact) mass is 469 g/mol. The number of β-amino-alcohol motifs (C(OH)–C–C–N with tert-alkyl or cyclic N) is 1. The minimum absolute atomic E-state index is 0.535. The predicted octanol–water partition coefficient (Wildman–Crippen LogP) is 2.67. The van der Waals surface area contributed by atoms with E-state index in [0.29, 0.717) is 38.6 Å². The summed E-state index contributed by atoms with van der Waals surface area (Å²) in [4.78, 5) is 15.3. The van der Waals surface area contributed by atoms with Crippen LogP contribution in [0.2, 0.25) is 0 Å². The number of aromatic nitrogens is 2. The second kappa shape index (κ2) is 11.3. The molecule has 2 saturated heterocycles. The molecule has 0 radical (unpaired) electrons. The average molecular weight is 470 g/mol. The van der Waals surface area contributed by atoms with E-state index in [0.717, 1.165) is 49.2 Å². The molecule has 0 saturated carbocycles. The van der Waals surface area contributed by atoms with Gasteiger partial charge in [-0.25, -0.2) is 9.97 Å². The molecule has 2 fully saturated rings. The zero-order chi connectivity index (χ0) is 24.0. The molecule has 0 spiro atoms. The van der Waals surface area contributed by atoms with Crippen molar-refractivity contribution < 1.29 is 14.6 Å². The van der Waals surface area contributed by atoms with Crippen molar-refractivity contribution in [2.24, 2.45) is 5.92 Å². The van der Waals surface area contributed by atoms with E-state index in [9.17, 15) is 5.11 Å². The minimum atomic E-state index is -0.784. The summed E-state index contributed by atoms with van der Waals surface area (Å²) in [6.07, 6.45) is 6.72. The van der Waals surface area contributed by atoms with Crippen LogP contribution in [0, 0.1) is 5.92 Å². The number of likely N-dealkylation sites (N-methyl/N-ethyl adjacent to an activating group) is 1. The number of benzene rings is 1. The van der Waals surface area contributed by atoms with Crippen molar-refractivity contribution >= 4 is 5.95 Å². The Hall–Kier alpha value is -2.42. The lowest BCUT2D eigenvalue weighted by Crippen LogP contribution is -2.43. The van der Waals surface area contributed by atoms with E-state index in [1.807, 2.05) is 24.1 Å². The normalized spacial score (nSPS) is 21.9. The topological polar surface area (TPSA) is 74.2 Å². The lowest BCUT2D eigenvalue weighted by atomic mass is 9.99. The second-order valence-corrected chi connectivity index (χ2v) is 9.97. The number of hydrogen-bond donors (Lipinski definition) is 1. The number of rotatable bonds is 10. The van der Waals surface area contributed by atoms with Gasteiger partial charge in [-0.2, -0.15) is 0 Å². The van der Waals surface area contributed by atoms with E-state index in [-0.39, 0.29) is 0 Å². The van der Waals surface area contributed by atoms with Gasteiger partial charge in [-0.3, -0.25) is 9.80 Å². The van der Waals surface area contributed by atoms with Gasteiger partial charge in [0.1, 0.15) is 6.61 Å². The Bertz CT molecular complexity index is 907. The van der Waals surface area contributed by atoms with Crippen molar-refractivity contribution in [1.29, 1.82) is 0 Å². The molecule has 0 unspecified atom stereocenters. The van der Waals surface area contributed by atoms with Gasteiger partial charge in [-0.1, -0.05) is 13.0 Å². The quantitative estimate of drug-likeness (QED) is 0.569. The molecule has 2 aliphatic heterocycles. The lowest BCUT2D eigenvalue weighted by Gasteiger charge is -2.30. The van der Waals surface area contributed by atoms with E-state index >= 15 is 0 Å². The van der Waals surface area contributed by atoms with E-state index < -0.39 is 5.60 Å². The Morgan fingerprint density at radius 1 is 1.15 bits per heavy atom. The standard InChI is InChI=1S/C26H39N5O3/c1-21-7-12-30(13-8-21)15-16-34-23-6-5-22(17-24(23)33-3)18-29(2)19-26(32)9-14-31(20-26)25-27-10-4-11-28-25/h4-6,10-11,17,21,32H,7-9,12-16,18-20H2,1-3H3/t26-/m1/s1. The molecule has 1 aromatic carbocycles. The van der Waals surface area contributed by atoms with Gasteiger partial charge in [0.2, 0.25) is 5.95 Å². The third-order valence-electron chi connectivity index (χ3n) is 6.95. The van der Waals surface area contributed by atoms with Crippen LogP contribution in [0.4, 0.5) is 5.95 Å². The summed E-state index contributed by atoms with van der Waals surface area (Å²) in [7, 11) is 3.72. The molecule has 0 amide bonds. The fraction of sp³-hybridized carbons (Fsp3) is 0.615. The van der Waals surface area contributed by atoms with Gasteiger partial charge in [0.15, 0.2) is 11.5 Å². The number of methoxy groups -OCH3 is 1. The number of aliphatic hydroxyl groups is 1. The predicted molar refractivity (Wildman–Crippen MR) is 133 cm³/mol. The highest BCUT2D eigenvalue weighted by atomic mass is 16.5. The Kier molecular flexibility index (Phi) is 8.24. The highest BCUT2D eigenvalue weighted by molar-refractivity contribution is 5.43. The Balaban J connectivity index is 1.27. The fourth-order valence-corrected chi connectivity index (χ4v) is 4.98. The van der Waals surface area contributed by atoms with Crippen LogP contribution < -0.4 is 14.4 Å². The number of piperidine rings is 1.